The fourth-order valence-corrected chi connectivity index (χ4v) is 2.12. The van der Waals surface area contributed by atoms with Crippen LogP contribution in [0.15, 0.2) is 17.2 Å². The first-order valence-corrected chi connectivity index (χ1v) is 5.80. The van der Waals surface area contributed by atoms with Gasteiger partial charge in [0.05, 0.1) is 11.6 Å². The van der Waals surface area contributed by atoms with Gasteiger partial charge in [-0.25, -0.2) is 15.1 Å². The Balaban J connectivity index is 2.04. The number of aromatic amines is 1. The smallest absolute Gasteiger partial charge is 0.275 e. The van der Waals surface area contributed by atoms with Crippen molar-refractivity contribution in [1.29, 1.82) is 0 Å². The largest absolute Gasteiger partial charge is 0.341 e. The van der Waals surface area contributed by atoms with Gasteiger partial charge in [-0.3, -0.25) is 4.79 Å². The molecule has 0 radical (unpaired) electrons. The minimum Gasteiger partial charge on any atom is -0.341 e. The Kier molecular flexibility index (Phi) is 2.47. The number of piperidine rings is 1. The lowest BCUT2D eigenvalue weighted by Gasteiger charge is -2.26. The number of aromatic nitrogens is 4. The van der Waals surface area contributed by atoms with Crippen molar-refractivity contribution >= 4 is 16.9 Å². The highest BCUT2D eigenvalue weighted by Gasteiger charge is 2.14. The SMILES string of the molecule is O=c1[nH]ncc2nc(N3CCCCC3)ncc12. The lowest BCUT2D eigenvalue weighted by molar-refractivity contribution is 0.569. The molecule has 3 heterocycles. The Morgan fingerprint density at radius 2 is 2.00 bits per heavy atom. The summed E-state index contributed by atoms with van der Waals surface area (Å²) >= 11 is 0. The molecule has 1 fully saturated rings. The standard InChI is InChI=1S/C11H13N5O/c17-10-8-6-12-11(14-9(8)7-13-15-10)16-4-2-1-3-5-16/h6-7H,1-5H2,(H,15,17). The molecule has 0 saturated carbocycles. The van der Waals surface area contributed by atoms with Crippen LogP contribution in [0.5, 0.6) is 0 Å². The minimum atomic E-state index is -0.243. The first kappa shape index (κ1) is 10.2. The quantitative estimate of drug-likeness (QED) is 0.782. The van der Waals surface area contributed by atoms with E-state index in [9.17, 15) is 4.79 Å². The molecule has 0 atom stereocenters. The Labute approximate surface area is 97.7 Å². The zero-order valence-electron chi connectivity index (χ0n) is 9.39. The molecule has 1 aliphatic rings. The van der Waals surface area contributed by atoms with Gasteiger partial charge >= 0.3 is 0 Å². The van der Waals surface area contributed by atoms with E-state index in [0.29, 0.717) is 16.9 Å². The number of hydrogen-bond acceptors (Lipinski definition) is 5. The van der Waals surface area contributed by atoms with E-state index in [1.54, 1.807) is 12.4 Å². The number of H-pyrrole nitrogens is 1. The maximum Gasteiger partial charge on any atom is 0.275 e. The van der Waals surface area contributed by atoms with E-state index < -0.39 is 0 Å². The molecule has 88 valence electrons. The summed E-state index contributed by atoms with van der Waals surface area (Å²) in [6.07, 6.45) is 6.76. The van der Waals surface area contributed by atoms with Gasteiger partial charge in [0, 0.05) is 19.3 Å². The Morgan fingerprint density at radius 3 is 2.82 bits per heavy atom. The summed E-state index contributed by atoms with van der Waals surface area (Å²) in [7, 11) is 0. The minimum absolute atomic E-state index is 0.243. The molecule has 1 N–H and O–H groups in total. The molecule has 6 nitrogen and oxygen atoms in total. The van der Waals surface area contributed by atoms with Crippen LogP contribution in [0.4, 0.5) is 5.95 Å². The van der Waals surface area contributed by atoms with Crippen LogP contribution in [0.25, 0.3) is 10.9 Å². The fourth-order valence-electron chi connectivity index (χ4n) is 2.12. The molecular formula is C11H13N5O. The van der Waals surface area contributed by atoms with Gasteiger partial charge in [0.1, 0.15) is 5.52 Å². The molecule has 0 aliphatic carbocycles. The third-order valence-electron chi connectivity index (χ3n) is 3.04. The predicted molar refractivity (Wildman–Crippen MR) is 64.0 cm³/mol. The van der Waals surface area contributed by atoms with Crippen LogP contribution in [-0.2, 0) is 0 Å². The van der Waals surface area contributed by atoms with Crippen molar-refractivity contribution in [2.24, 2.45) is 0 Å². The number of nitrogens with zero attached hydrogens (tertiary/aromatic N) is 4. The summed E-state index contributed by atoms with van der Waals surface area (Å²) in [4.78, 5) is 22.3. The molecule has 0 spiro atoms. The normalized spacial score (nSPS) is 16.4. The fraction of sp³-hybridized carbons (Fsp3) is 0.455. The Hall–Kier alpha value is -1.98. The van der Waals surface area contributed by atoms with E-state index in [0.717, 1.165) is 13.1 Å². The van der Waals surface area contributed by atoms with Crippen molar-refractivity contribution < 1.29 is 0 Å². The van der Waals surface area contributed by atoms with Gasteiger partial charge < -0.3 is 4.90 Å². The number of nitrogens with one attached hydrogen (secondary N) is 1. The zero-order valence-corrected chi connectivity index (χ0v) is 9.39. The second-order valence-electron chi connectivity index (χ2n) is 4.22. The third kappa shape index (κ3) is 1.86. The molecule has 0 aromatic carbocycles. The lowest BCUT2D eigenvalue weighted by Crippen LogP contribution is -2.31. The van der Waals surface area contributed by atoms with Gasteiger partial charge in [0.25, 0.3) is 5.56 Å². The van der Waals surface area contributed by atoms with Crippen LogP contribution in [-0.4, -0.2) is 33.3 Å². The second kappa shape index (κ2) is 4.12. The molecule has 0 bridgehead atoms. The summed E-state index contributed by atoms with van der Waals surface area (Å²) in [6.45, 7) is 1.98. The van der Waals surface area contributed by atoms with Gasteiger partial charge in [-0.05, 0) is 19.3 Å². The predicted octanol–water partition coefficient (Wildman–Crippen LogP) is 0.703. The average Bonchev–Trinajstić information content (AvgIpc) is 2.40. The van der Waals surface area contributed by atoms with Crippen molar-refractivity contribution in [3.05, 3.63) is 22.7 Å². The molecule has 1 saturated heterocycles. The maximum absolute atomic E-state index is 11.5. The van der Waals surface area contributed by atoms with E-state index in [4.69, 9.17) is 0 Å². The molecule has 0 amide bonds. The third-order valence-corrected chi connectivity index (χ3v) is 3.04. The maximum atomic E-state index is 11.5. The number of anilines is 1. The van der Waals surface area contributed by atoms with Crippen LogP contribution >= 0.6 is 0 Å². The van der Waals surface area contributed by atoms with Crippen LogP contribution in [0.1, 0.15) is 19.3 Å². The summed E-state index contributed by atoms with van der Waals surface area (Å²) in [5, 5.41) is 6.61. The summed E-state index contributed by atoms with van der Waals surface area (Å²) in [6, 6.07) is 0. The Bertz CT molecular complexity index is 588. The molecule has 1 aliphatic heterocycles. The average molecular weight is 231 g/mol. The number of rotatable bonds is 1. The molecule has 0 unspecified atom stereocenters. The van der Waals surface area contributed by atoms with Gasteiger partial charge in [-0.15, -0.1) is 0 Å². The highest BCUT2D eigenvalue weighted by Crippen LogP contribution is 2.16. The van der Waals surface area contributed by atoms with Crippen molar-refractivity contribution in [2.45, 2.75) is 19.3 Å². The number of hydrogen-bond donors (Lipinski definition) is 1. The van der Waals surface area contributed by atoms with Crippen molar-refractivity contribution in [3.63, 3.8) is 0 Å². The monoisotopic (exact) mass is 231 g/mol. The summed E-state index contributed by atoms with van der Waals surface area (Å²) in [5.74, 6) is 0.699. The van der Waals surface area contributed by atoms with Crippen LogP contribution in [0.2, 0.25) is 0 Å². The van der Waals surface area contributed by atoms with Crippen molar-refractivity contribution in [2.75, 3.05) is 18.0 Å². The van der Waals surface area contributed by atoms with Crippen LogP contribution in [0, 0.1) is 0 Å². The van der Waals surface area contributed by atoms with Gasteiger partial charge in [-0.2, -0.15) is 5.10 Å². The first-order chi connectivity index (χ1) is 8.34. The highest BCUT2D eigenvalue weighted by atomic mass is 16.1. The topological polar surface area (TPSA) is 74.8 Å². The van der Waals surface area contributed by atoms with E-state index in [1.807, 2.05) is 0 Å². The molecule has 17 heavy (non-hydrogen) atoms. The van der Waals surface area contributed by atoms with Crippen LogP contribution < -0.4 is 10.5 Å². The summed E-state index contributed by atoms with van der Waals surface area (Å²) < 4.78 is 0. The lowest BCUT2D eigenvalue weighted by atomic mass is 10.1. The second-order valence-corrected chi connectivity index (χ2v) is 4.22. The van der Waals surface area contributed by atoms with E-state index in [-0.39, 0.29) is 5.56 Å². The summed E-state index contributed by atoms with van der Waals surface area (Å²) in [5.41, 5.74) is 0.358. The Morgan fingerprint density at radius 1 is 1.18 bits per heavy atom. The molecule has 3 rings (SSSR count). The highest BCUT2D eigenvalue weighted by molar-refractivity contribution is 5.76. The van der Waals surface area contributed by atoms with E-state index in [2.05, 4.69) is 25.1 Å². The van der Waals surface area contributed by atoms with Gasteiger partial charge in [-0.1, -0.05) is 0 Å². The first-order valence-electron chi connectivity index (χ1n) is 5.80. The molecule has 2 aromatic rings. The van der Waals surface area contributed by atoms with Crippen molar-refractivity contribution in [1.82, 2.24) is 20.2 Å². The van der Waals surface area contributed by atoms with Gasteiger partial charge in [0.15, 0.2) is 0 Å². The molecule has 6 heteroatoms. The number of fused-ring (bicyclic) bond motifs is 1. The van der Waals surface area contributed by atoms with Crippen molar-refractivity contribution in [3.8, 4) is 0 Å². The van der Waals surface area contributed by atoms with Crippen LogP contribution in [0.3, 0.4) is 0 Å². The van der Waals surface area contributed by atoms with E-state index >= 15 is 0 Å². The molecular weight excluding hydrogens is 218 g/mol. The van der Waals surface area contributed by atoms with E-state index in [1.165, 1.54) is 19.3 Å². The van der Waals surface area contributed by atoms with Gasteiger partial charge in [0.2, 0.25) is 5.95 Å². The zero-order chi connectivity index (χ0) is 11.7. The molecule has 2 aromatic heterocycles.